The lowest BCUT2D eigenvalue weighted by Gasteiger charge is -2.01. The van der Waals surface area contributed by atoms with E-state index in [2.05, 4.69) is 15.3 Å². The van der Waals surface area contributed by atoms with Crippen LogP contribution >= 0.6 is 0 Å². The number of carbonyl (C=O) groups is 1. The van der Waals surface area contributed by atoms with Crippen LogP contribution in [0.1, 0.15) is 18.5 Å². The van der Waals surface area contributed by atoms with Gasteiger partial charge >= 0.3 is 0 Å². The highest BCUT2D eigenvalue weighted by Crippen LogP contribution is 1.91. The maximum absolute atomic E-state index is 11.1. The summed E-state index contributed by atoms with van der Waals surface area (Å²) in [5.41, 5.74) is 6.18. The van der Waals surface area contributed by atoms with E-state index in [1.54, 1.807) is 12.5 Å². The molecule has 4 N–H and O–H groups in total. The number of H-pyrrole nitrogens is 1. The lowest BCUT2D eigenvalue weighted by Crippen LogP contribution is -2.23. The Labute approximate surface area is 76.7 Å². The minimum atomic E-state index is 0.0278. The molecule has 1 rings (SSSR count). The van der Waals surface area contributed by atoms with Gasteiger partial charge in [0.1, 0.15) is 0 Å². The molecule has 1 amide bonds. The van der Waals surface area contributed by atoms with Gasteiger partial charge in [-0.15, -0.1) is 0 Å². The quantitative estimate of drug-likeness (QED) is 0.588. The average Bonchev–Trinajstić information content (AvgIpc) is 2.64. The minimum absolute atomic E-state index is 0.0278. The number of rotatable bonds is 5. The predicted molar refractivity (Wildman–Crippen MR) is 48.7 cm³/mol. The third-order valence-electron chi connectivity index (χ3n) is 1.64. The van der Waals surface area contributed by atoms with Crippen LogP contribution in [0, 0.1) is 0 Å². The Morgan fingerprint density at radius 1 is 1.69 bits per heavy atom. The molecule has 72 valence electrons. The summed E-state index contributed by atoms with van der Waals surface area (Å²) in [6.07, 6.45) is 4.49. The Bertz CT molecular complexity index is 245. The van der Waals surface area contributed by atoms with Crippen LogP contribution in [-0.2, 0) is 11.3 Å². The van der Waals surface area contributed by atoms with E-state index in [9.17, 15) is 4.79 Å². The second-order valence-corrected chi connectivity index (χ2v) is 2.75. The van der Waals surface area contributed by atoms with E-state index in [0.717, 1.165) is 12.1 Å². The molecule has 0 saturated heterocycles. The van der Waals surface area contributed by atoms with Crippen molar-refractivity contribution in [1.82, 2.24) is 15.3 Å². The number of hydrogen-bond acceptors (Lipinski definition) is 3. The minimum Gasteiger partial charge on any atom is -0.350 e. The molecular weight excluding hydrogens is 168 g/mol. The molecule has 0 aliphatic heterocycles. The molecule has 1 aromatic heterocycles. The number of aromatic amines is 1. The third kappa shape index (κ3) is 3.71. The Morgan fingerprint density at radius 2 is 2.54 bits per heavy atom. The zero-order valence-electron chi connectivity index (χ0n) is 7.42. The topological polar surface area (TPSA) is 83.8 Å². The third-order valence-corrected chi connectivity index (χ3v) is 1.64. The van der Waals surface area contributed by atoms with Gasteiger partial charge < -0.3 is 16.0 Å². The fourth-order valence-electron chi connectivity index (χ4n) is 0.926. The number of amides is 1. The number of hydrogen-bond donors (Lipinski definition) is 3. The monoisotopic (exact) mass is 182 g/mol. The molecule has 0 atom stereocenters. The molecule has 0 aromatic carbocycles. The van der Waals surface area contributed by atoms with Gasteiger partial charge in [-0.2, -0.15) is 0 Å². The van der Waals surface area contributed by atoms with E-state index >= 15 is 0 Å². The van der Waals surface area contributed by atoms with Crippen molar-refractivity contribution in [2.24, 2.45) is 5.73 Å². The molecule has 13 heavy (non-hydrogen) atoms. The van der Waals surface area contributed by atoms with Crippen molar-refractivity contribution < 1.29 is 4.79 Å². The van der Waals surface area contributed by atoms with E-state index in [0.29, 0.717) is 19.5 Å². The van der Waals surface area contributed by atoms with Gasteiger partial charge in [-0.1, -0.05) is 0 Å². The molecule has 0 radical (unpaired) electrons. The first-order chi connectivity index (χ1) is 6.33. The van der Waals surface area contributed by atoms with Crippen molar-refractivity contribution in [1.29, 1.82) is 0 Å². The van der Waals surface area contributed by atoms with Crippen LogP contribution < -0.4 is 11.1 Å². The number of nitrogens with zero attached hydrogens (tertiary/aromatic N) is 1. The van der Waals surface area contributed by atoms with Crippen LogP contribution in [0.5, 0.6) is 0 Å². The van der Waals surface area contributed by atoms with E-state index in [1.165, 1.54) is 0 Å². The predicted octanol–water partition coefficient (Wildman–Crippen LogP) is -0.235. The summed E-state index contributed by atoms with van der Waals surface area (Å²) < 4.78 is 0. The highest BCUT2D eigenvalue weighted by Gasteiger charge is 2.00. The van der Waals surface area contributed by atoms with Crippen LogP contribution in [0.2, 0.25) is 0 Å². The van der Waals surface area contributed by atoms with Crippen molar-refractivity contribution in [3.8, 4) is 0 Å². The number of imidazole rings is 1. The zero-order chi connectivity index (χ0) is 9.52. The number of nitrogens with one attached hydrogen (secondary N) is 2. The number of aromatic nitrogens is 2. The largest absolute Gasteiger partial charge is 0.350 e. The molecule has 0 aliphatic carbocycles. The van der Waals surface area contributed by atoms with Gasteiger partial charge in [-0.25, -0.2) is 4.98 Å². The fourth-order valence-corrected chi connectivity index (χ4v) is 0.926. The van der Waals surface area contributed by atoms with E-state index in [-0.39, 0.29) is 5.91 Å². The number of carbonyl (C=O) groups excluding carboxylic acids is 1. The second-order valence-electron chi connectivity index (χ2n) is 2.75. The maximum atomic E-state index is 11.1. The van der Waals surface area contributed by atoms with Crippen LogP contribution in [-0.4, -0.2) is 22.4 Å². The Hall–Kier alpha value is -1.36. The Balaban J connectivity index is 2.15. The summed E-state index contributed by atoms with van der Waals surface area (Å²) in [5.74, 6) is 0.0278. The summed E-state index contributed by atoms with van der Waals surface area (Å²) in [7, 11) is 0. The van der Waals surface area contributed by atoms with E-state index in [4.69, 9.17) is 5.73 Å². The van der Waals surface area contributed by atoms with Crippen LogP contribution in [0.15, 0.2) is 12.5 Å². The van der Waals surface area contributed by atoms with Gasteiger partial charge in [0.05, 0.1) is 18.6 Å². The molecule has 0 aliphatic rings. The Morgan fingerprint density at radius 3 is 3.15 bits per heavy atom. The van der Waals surface area contributed by atoms with Crippen LogP contribution in [0.4, 0.5) is 0 Å². The molecule has 5 nitrogen and oxygen atoms in total. The second kappa shape index (κ2) is 5.31. The van der Waals surface area contributed by atoms with Gasteiger partial charge in [0.2, 0.25) is 5.91 Å². The van der Waals surface area contributed by atoms with Gasteiger partial charge in [-0.3, -0.25) is 4.79 Å². The molecule has 0 bridgehead atoms. The summed E-state index contributed by atoms with van der Waals surface area (Å²) in [6.45, 7) is 1.06. The van der Waals surface area contributed by atoms with Crippen molar-refractivity contribution in [3.05, 3.63) is 18.2 Å². The number of nitrogens with two attached hydrogens (primary N) is 1. The average molecular weight is 182 g/mol. The molecular formula is C8H14N4O. The van der Waals surface area contributed by atoms with Crippen molar-refractivity contribution in [2.45, 2.75) is 19.4 Å². The van der Waals surface area contributed by atoms with Gasteiger partial charge in [0.25, 0.3) is 0 Å². The van der Waals surface area contributed by atoms with E-state index < -0.39 is 0 Å². The summed E-state index contributed by atoms with van der Waals surface area (Å²) >= 11 is 0. The highest BCUT2D eigenvalue weighted by molar-refractivity contribution is 5.75. The summed E-state index contributed by atoms with van der Waals surface area (Å²) in [5, 5.41) is 2.75. The molecule has 1 heterocycles. The molecule has 0 unspecified atom stereocenters. The first-order valence-electron chi connectivity index (χ1n) is 4.27. The fraction of sp³-hybridized carbons (Fsp3) is 0.500. The molecule has 0 spiro atoms. The van der Waals surface area contributed by atoms with E-state index in [1.807, 2.05) is 0 Å². The van der Waals surface area contributed by atoms with Gasteiger partial charge in [0, 0.05) is 12.6 Å². The molecule has 1 aromatic rings. The zero-order valence-corrected chi connectivity index (χ0v) is 7.42. The highest BCUT2D eigenvalue weighted by atomic mass is 16.1. The van der Waals surface area contributed by atoms with Crippen LogP contribution in [0.25, 0.3) is 0 Å². The molecule has 0 fully saturated rings. The van der Waals surface area contributed by atoms with Gasteiger partial charge in [-0.05, 0) is 13.0 Å². The first-order valence-corrected chi connectivity index (χ1v) is 4.27. The normalized spacial score (nSPS) is 9.92. The SMILES string of the molecule is NCCCC(=O)NCc1cnc[nH]1. The van der Waals surface area contributed by atoms with Gasteiger partial charge in [0.15, 0.2) is 0 Å². The van der Waals surface area contributed by atoms with Crippen molar-refractivity contribution >= 4 is 5.91 Å². The summed E-state index contributed by atoms with van der Waals surface area (Å²) in [4.78, 5) is 17.8. The lowest BCUT2D eigenvalue weighted by atomic mass is 10.3. The molecule has 5 heteroatoms. The van der Waals surface area contributed by atoms with Crippen molar-refractivity contribution in [2.75, 3.05) is 6.54 Å². The summed E-state index contributed by atoms with van der Waals surface area (Å²) in [6, 6.07) is 0. The van der Waals surface area contributed by atoms with Crippen LogP contribution in [0.3, 0.4) is 0 Å². The first kappa shape index (κ1) is 9.73. The van der Waals surface area contributed by atoms with Crippen molar-refractivity contribution in [3.63, 3.8) is 0 Å². The smallest absolute Gasteiger partial charge is 0.220 e. The maximum Gasteiger partial charge on any atom is 0.220 e. The lowest BCUT2D eigenvalue weighted by molar-refractivity contribution is -0.121. The molecule has 0 saturated carbocycles. The standard InChI is InChI=1S/C8H14N4O/c9-3-1-2-8(13)11-5-7-4-10-6-12-7/h4,6H,1-3,5,9H2,(H,10,12)(H,11,13). The Kier molecular flexibility index (Phi) is 3.98.